The second kappa shape index (κ2) is 9.49. The number of nitrogens with one attached hydrogen (secondary N) is 2. The number of alkyl halides is 3. The number of hydrogen-bond donors (Lipinski definition) is 2. The number of rotatable bonds is 4. The van der Waals surface area contributed by atoms with Crippen molar-refractivity contribution in [3.63, 3.8) is 0 Å². The van der Waals surface area contributed by atoms with Crippen molar-refractivity contribution in [2.75, 3.05) is 0 Å². The van der Waals surface area contributed by atoms with E-state index in [1.165, 1.54) is 24.3 Å². The summed E-state index contributed by atoms with van der Waals surface area (Å²) in [6.45, 7) is 4.38. The van der Waals surface area contributed by atoms with Crippen molar-refractivity contribution in [2.24, 2.45) is 34.5 Å². The lowest BCUT2D eigenvalue weighted by Crippen LogP contribution is -2.61. The first-order valence-corrected chi connectivity index (χ1v) is 14.5. The Labute approximate surface area is 233 Å². The molecule has 4 aliphatic rings. The quantitative estimate of drug-likeness (QED) is 0.455. The monoisotopic (exact) mass is 550 g/mol. The number of fused-ring (bicyclic) bond motifs is 5. The van der Waals surface area contributed by atoms with Crippen molar-refractivity contribution >= 4 is 11.8 Å². The summed E-state index contributed by atoms with van der Waals surface area (Å²) in [5.41, 5.74) is -3.15. The van der Waals surface area contributed by atoms with Gasteiger partial charge in [-0.15, -0.1) is 0 Å². The van der Waals surface area contributed by atoms with Crippen LogP contribution in [-0.2, 0) is 15.1 Å². The molecule has 1 aliphatic heterocycles. The third-order valence-corrected chi connectivity index (χ3v) is 11.2. The summed E-state index contributed by atoms with van der Waals surface area (Å²) in [7, 11) is 0. The first-order chi connectivity index (χ1) is 19.0. The molecular formula is C33H37F3N2O2. The minimum Gasteiger partial charge on any atom is -0.349 e. The predicted octanol–water partition coefficient (Wildman–Crippen LogP) is 6.52. The SMILES string of the molecule is C[C@]12C=CC(=O)N[C@@H]1CC[C@@H]1[C@@H]2CC[C@]2(C)[C@@H](C(=O)NC(c3ccccc3)(c3ccccc3)C(F)(F)F)CC[C@@H]12. The molecule has 1 heterocycles. The summed E-state index contributed by atoms with van der Waals surface area (Å²) < 4.78 is 45.7. The summed E-state index contributed by atoms with van der Waals surface area (Å²) in [5, 5.41) is 5.77. The van der Waals surface area contributed by atoms with Crippen LogP contribution in [0.4, 0.5) is 13.2 Å². The molecule has 0 saturated heterocycles. The highest BCUT2D eigenvalue weighted by Crippen LogP contribution is 2.65. The van der Waals surface area contributed by atoms with E-state index in [-0.39, 0.29) is 39.8 Å². The molecule has 2 aromatic rings. The zero-order chi connectivity index (χ0) is 28.3. The summed E-state index contributed by atoms with van der Waals surface area (Å²) in [6, 6.07) is 15.6. The molecule has 3 fully saturated rings. The highest BCUT2D eigenvalue weighted by molar-refractivity contribution is 5.89. The standard InChI is InChI=1S/C33H37F3N2O2/c1-30-19-17-25-23(13-16-27-31(25,2)20-18-28(39)37-27)24(30)14-15-26(30)29(40)38-32(33(34,35)36,21-9-5-3-6-10-21)22-11-7-4-8-12-22/h3-12,18,20,23-27H,13-17,19H2,1-2H3,(H,37,39)(H,38,40)/t23-,24-,25-,26+,27+,30-,31+/m0/s1. The number of amides is 2. The number of carbonyl (C=O) groups is 2. The smallest absolute Gasteiger partial charge is 0.349 e. The van der Waals surface area contributed by atoms with E-state index in [1.807, 2.05) is 0 Å². The molecule has 0 aromatic heterocycles. The van der Waals surface area contributed by atoms with Crippen LogP contribution in [0.1, 0.15) is 63.5 Å². The number of hydrogen-bond acceptors (Lipinski definition) is 2. The second-order valence-corrected chi connectivity index (χ2v) is 12.9. The van der Waals surface area contributed by atoms with Gasteiger partial charge in [0.05, 0.1) is 0 Å². The summed E-state index contributed by atoms with van der Waals surface area (Å²) >= 11 is 0. The van der Waals surface area contributed by atoms with E-state index in [0.29, 0.717) is 18.3 Å². The topological polar surface area (TPSA) is 58.2 Å². The maximum absolute atomic E-state index is 15.2. The normalized spacial score (nSPS) is 35.2. The minimum atomic E-state index is -4.76. The fraction of sp³-hybridized carbons (Fsp3) is 0.515. The van der Waals surface area contributed by atoms with E-state index >= 15 is 13.2 Å². The van der Waals surface area contributed by atoms with Crippen molar-refractivity contribution in [2.45, 2.75) is 70.1 Å². The van der Waals surface area contributed by atoms with Gasteiger partial charge in [0.2, 0.25) is 11.8 Å². The van der Waals surface area contributed by atoms with Gasteiger partial charge in [-0.1, -0.05) is 80.6 Å². The van der Waals surface area contributed by atoms with Gasteiger partial charge in [-0.05, 0) is 78.9 Å². The molecule has 2 aromatic carbocycles. The number of carbonyl (C=O) groups excluding carboxylic acids is 2. The van der Waals surface area contributed by atoms with Crippen molar-refractivity contribution in [1.82, 2.24) is 10.6 Å². The Kier molecular flexibility index (Phi) is 6.43. The van der Waals surface area contributed by atoms with Crippen molar-refractivity contribution < 1.29 is 22.8 Å². The van der Waals surface area contributed by atoms with Gasteiger partial charge in [0, 0.05) is 17.4 Å². The van der Waals surface area contributed by atoms with Crippen molar-refractivity contribution in [1.29, 1.82) is 0 Å². The van der Waals surface area contributed by atoms with Crippen LogP contribution in [0.15, 0.2) is 72.8 Å². The Morgan fingerprint density at radius 3 is 2.10 bits per heavy atom. The maximum atomic E-state index is 15.2. The molecule has 3 aliphatic carbocycles. The van der Waals surface area contributed by atoms with E-state index in [2.05, 4.69) is 30.6 Å². The van der Waals surface area contributed by atoms with Gasteiger partial charge in [-0.2, -0.15) is 13.2 Å². The average Bonchev–Trinajstić information content (AvgIpc) is 3.29. The van der Waals surface area contributed by atoms with Gasteiger partial charge < -0.3 is 10.6 Å². The van der Waals surface area contributed by atoms with Gasteiger partial charge in [-0.3, -0.25) is 9.59 Å². The number of benzene rings is 2. The zero-order valence-electron chi connectivity index (χ0n) is 23.0. The molecule has 2 amide bonds. The maximum Gasteiger partial charge on any atom is 0.420 e. The van der Waals surface area contributed by atoms with Gasteiger partial charge in [-0.25, -0.2) is 0 Å². The molecule has 0 unspecified atom stereocenters. The molecule has 7 atom stereocenters. The molecule has 212 valence electrons. The van der Waals surface area contributed by atoms with Gasteiger partial charge in [0.15, 0.2) is 5.54 Å². The Balaban J connectivity index is 1.33. The zero-order valence-corrected chi connectivity index (χ0v) is 23.0. The van der Waals surface area contributed by atoms with E-state index in [0.717, 1.165) is 32.1 Å². The molecule has 0 bridgehead atoms. The fourth-order valence-corrected chi connectivity index (χ4v) is 9.12. The van der Waals surface area contributed by atoms with E-state index < -0.39 is 23.5 Å². The third-order valence-electron chi connectivity index (χ3n) is 11.2. The largest absolute Gasteiger partial charge is 0.420 e. The van der Waals surface area contributed by atoms with Gasteiger partial charge >= 0.3 is 6.18 Å². The molecule has 0 spiro atoms. The first kappa shape index (κ1) is 27.1. The lowest BCUT2D eigenvalue weighted by Gasteiger charge is -2.58. The lowest BCUT2D eigenvalue weighted by molar-refractivity contribution is -0.192. The summed E-state index contributed by atoms with van der Waals surface area (Å²) in [4.78, 5) is 26.2. The second-order valence-electron chi connectivity index (χ2n) is 12.9. The molecule has 40 heavy (non-hydrogen) atoms. The van der Waals surface area contributed by atoms with Crippen molar-refractivity contribution in [3.05, 3.63) is 83.9 Å². The van der Waals surface area contributed by atoms with Crippen LogP contribution in [0, 0.1) is 34.5 Å². The van der Waals surface area contributed by atoms with Gasteiger partial charge in [0.1, 0.15) is 0 Å². The van der Waals surface area contributed by atoms with E-state index in [9.17, 15) is 9.59 Å². The minimum absolute atomic E-state index is 0.00263. The highest BCUT2D eigenvalue weighted by Gasteiger charge is 2.63. The summed E-state index contributed by atoms with van der Waals surface area (Å²) in [6.07, 6.45) is 3.95. The van der Waals surface area contributed by atoms with Gasteiger partial charge in [0.25, 0.3) is 0 Å². The predicted molar refractivity (Wildman–Crippen MR) is 147 cm³/mol. The fourth-order valence-electron chi connectivity index (χ4n) is 9.12. The van der Waals surface area contributed by atoms with Crippen LogP contribution in [0.25, 0.3) is 0 Å². The van der Waals surface area contributed by atoms with Crippen LogP contribution >= 0.6 is 0 Å². The Bertz CT molecular complexity index is 1270. The Hall–Kier alpha value is -3.09. The van der Waals surface area contributed by atoms with Crippen molar-refractivity contribution in [3.8, 4) is 0 Å². The van der Waals surface area contributed by atoms with E-state index in [1.54, 1.807) is 42.5 Å². The lowest BCUT2D eigenvalue weighted by atomic mass is 9.48. The molecule has 0 radical (unpaired) electrons. The van der Waals surface area contributed by atoms with Crippen LogP contribution < -0.4 is 10.6 Å². The molecule has 3 saturated carbocycles. The Morgan fingerprint density at radius 2 is 1.50 bits per heavy atom. The third kappa shape index (κ3) is 3.94. The molecular weight excluding hydrogens is 513 g/mol. The molecule has 7 heteroatoms. The van der Waals surface area contributed by atoms with Crippen LogP contribution in [0.3, 0.4) is 0 Å². The van der Waals surface area contributed by atoms with Crippen LogP contribution in [0.5, 0.6) is 0 Å². The molecule has 6 rings (SSSR count). The van der Waals surface area contributed by atoms with Crippen LogP contribution in [0.2, 0.25) is 0 Å². The van der Waals surface area contributed by atoms with Crippen LogP contribution in [-0.4, -0.2) is 24.0 Å². The average molecular weight is 551 g/mol. The molecule has 2 N–H and O–H groups in total. The first-order valence-electron chi connectivity index (χ1n) is 14.5. The molecule has 4 nitrogen and oxygen atoms in total. The summed E-state index contributed by atoms with van der Waals surface area (Å²) in [5.74, 6) is -0.0272. The number of halogens is 3. The van der Waals surface area contributed by atoms with E-state index in [4.69, 9.17) is 0 Å². The highest BCUT2D eigenvalue weighted by atomic mass is 19.4. The Morgan fingerprint density at radius 1 is 0.875 bits per heavy atom.